The quantitative estimate of drug-likeness (QED) is 0.727. The largest absolute Gasteiger partial charge is 0.327 e. The summed E-state index contributed by atoms with van der Waals surface area (Å²) in [6.07, 6.45) is 5.25. The van der Waals surface area contributed by atoms with Crippen molar-refractivity contribution in [2.24, 2.45) is 5.73 Å². The zero-order chi connectivity index (χ0) is 9.84. The maximum atomic E-state index is 6.01. The van der Waals surface area contributed by atoms with Gasteiger partial charge < -0.3 is 5.73 Å². The van der Waals surface area contributed by atoms with Gasteiger partial charge in [-0.1, -0.05) is 13.3 Å². The molecule has 3 unspecified atom stereocenters. The van der Waals surface area contributed by atoms with E-state index in [4.69, 9.17) is 5.73 Å². The highest BCUT2D eigenvalue weighted by molar-refractivity contribution is 4.85. The van der Waals surface area contributed by atoms with Gasteiger partial charge in [0.05, 0.1) is 0 Å². The standard InChI is InChI=1S/C11H24N2/c1-4-9(2)13-8-6-5-7-11(13)10(3)12/h9-11H,4-8,12H2,1-3H3. The second-order valence-corrected chi connectivity index (χ2v) is 4.42. The fourth-order valence-electron chi connectivity index (χ4n) is 2.33. The molecule has 1 saturated heterocycles. The molecule has 0 bridgehead atoms. The number of hydrogen-bond acceptors (Lipinski definition) is 2. The molecule has 0 spiro atoms. The Morgan fingerprint density at radius 1 is 1.38 bits per heavy atom. The van der Waals surface area contributed by atoms with E-state index in [1.165, 1.54) is 32.2 Å². The maximum Gasteiger partial charge on any atom is 0.0247 e. The van der Waals surface area contributed by atoms with Crippen molar-refractivity contribution in [3.05, 3.63) is 0 Å². The Bertz CT molecular complexity index is 145. The Morgan fingerprint density at radius 2 is 2.08 bits per heavy atom. The minimum Gasteiger partial charge on any atom is -0.327 e. The average Bonchev–Trinajstić information content (AvgIpc) is 2.16. The lowest BCUT2D eigenvalue weighted by Crippen LogP contribution is -2.52. The van der Waals surface area contributed by atoms with Gasteiger partial charge in [-0.05, 0) is 39.7 Å². The van der Waals surface area contributed by atoms with Crippen molar-refractivity contribution in [1.82, 2.24) is 4.90 Å². The lowest BCUT2D eigenvalue weighted by molar-refractivity contribution is 0.0872. The smallest absolute Gasteiger partial charge is 0.0247 e. The number of hydrogen-bond donors (Lipinski definition) is 1. The van der Waals surface area contributed by atoms with Gasteiger partial charge in [-0.3, -0.25) is 4.90 Å². The summed E-state index contributed by atoms with van der Waals surface area (Å²) in [4.78, 5) is 2.61. The van der Waals surface area contributed by atoms with Gasteiger partial charge in [0.15, 0.2) is 0 Å². The molecular weight excluding hydrogens is 160 g/mol. The van der Waals surface area contributed by atoms with E-state index in [-0.39, 0.29) is 0 Å². The Hall–Kier alpha value is -0.0800. The SMILES string of the molecule is CCC(C)N1CCCCC1C(C)N. The summed E-state index contributed by atoms with van der Waals surface area (Å²) in [5.41, 5.74) is 6.01. The van der Waals surface area contributed by atoms with Gasteiger partial charge >= 0.3 is 0 Å². The van der Waals surface area contributed by atoms with Gasteiger partial charge in [-0.15, -0.1) is 0 Å². The summed E-state index contributed by atoms with van der Waals surface area (Å²) in [5.74, 6) is 0. The normalized spacial score (nSPS) is 30.0. The molecule has 13 heavy (non-hydrogen) atoms. The molecule has 1 fully saturated rings. The number of rotatable bonds is 3. The van der Waals surface area contributed by atoms with Crippen molar-refractivity contribution in [2.75, 3.05) is 6.54 Å². The Balaban J connectivity index is 2.56. The first-order valence-electron chi connectivity index (χ1n) is 5.68. The molecule has 0 aliphatic carbocycles. The van der Waals surface area contributed by atoms with Crippen molar-refractivity contribution >= 4 is 0 Å². The summed E-state index contributed by atoms with van der Waals surface area (Å²) in [6.45, 7) is 7.98. The van der Waals surface area contributed by atoms with Crippen LogP contribution in [0.4, 0.5) is 0 Å². The van der Waals surface area contributed by atoms with Gasteiger partial charge in [0.2, 0.25) is 0 Å². The highest BCUT2D eigenvalue weighted by Gasteiger charge is 2.27. The number of likely N-dealkylation sites (tertiary alicyclic amines) is 1. The highest BCUT2D eigenvalue weighted by atomic mass is 15.2. The van der Waals surface area contributed by atoms with Gasteiger partial charge in [-0.25, -0.2) is 0 Å². The van der Waals surface area contributed by atoms with Crippen LogP contribution < -0.4 is 5.73 Å². The van der Waals surface area contributed by atoms with Crippen LogP contribution in [0.2, 0.25) is 0 Å². The average molecular weight is 184 g/mol. The molecule has 78 valence electrons. The van der Waals surface area contributed by atoms with Crippen molar-refractivity contribution in [3.63, 3.8) is 0 Å². The van der Waals surface area contributed by atoms with Crippen LogP contribution in [0.15, 0.2) is 0 Å². The third-order valence-corrected chi connectivity index (χ3v) is 3.36. The van der Waals surface area contributed by atoms with Crippen LogP contribution in [-0.4, -0.2) is 29.6 Å². The van der Waals surface area contributed by atoms with E-state index in [2.05, 4.69) is 25.7 Å². The van der Waals surface area contributed by atoms with Gasteiger partial charge in [0.25, 0.3) is 0 Å². The number of piperidine rings is 1. The van der Waals surface area contributed by atoms with E-state index in [0.29, 0.717) is 18.1 Å². The summed E-state index contributed by atoms with van der Waals surface area (Å²) >= 11 is 0. The molecule has 0 aromatic heterocycles. The third kappa shape index (κ3) is 2.68. The fraction of sp³-hybridized carbons (Fsp3) is 1.00. The minimum absolute atomic E-state index is 0.328. The van der Waals surface area contributed by atoms with Crippen LogP contribution >= 0.6 is 0 Å². The molecule has 1 heterocycles. The van der Waals surface area contributed by atoms with Crippen LogP contribution in [0.3, 0.4) is 0 Å². The minimum atomic E-state index is 0.328. The molecule has 0 saturated carbocycles. The molecule has 1 aliphatic rings. The number of nitrogens with two attached hydrogens (primary N) is 1. The lowest BCUT2D eigenvalue weighted by atomic mass is 9.95. The second-order valence-electron chi connectivity index (χ2n) is 4.42. The van der Waals surface area contributed by atoms with Crippen molar-refractivity contribution in [1.29, 1.82) is 0 Å². The summed E-state index contributed by atoms with van der Waals surface area (Å²) in [7, 11) is 0. The van der Waals surface area contributed by atoms with Crippen LogP contribution in [0, 0.1) is 0 Å². The highest BCUT2D eigenvalue weighted by Crippen LogP contribution is 2.22. The monoisotopic (exact) mass is 184 g/mol. The summed E-state index contributed by atoms with van der Waals surface area (Å²) < 4.78 is 0. The van der Waals surface area contributed by atoms with E-state index in [1.54, 1.807) is 0 Å². The van der Waals surface area contributed by atoms with Gasteiger partial charge in [-0.2, -0.15) is 0 Å². The Kier molecular flexibility index (Phi) is 4.20. The third-order valence-electron chi connectivity index (χ3n) is 3.36. The molecular formula is C11H24N2. The molecule has 0 aromatic carbocycles. The van der Waals surface area contributed by atoms with Crippen molar-refractivity contribution in [2.45, 2.75) is 64.6 Å². The fourth-order valence-corrected chi connectivity index (χ4v) is 2.33. The van der Waals surface area contributed by atoms with Gasteiger partial charge in [0, 0.05) is 18.1 Å². The van der Waals surface area contributed by atoms with E-state index in [9.17, 15) is 0 Å². The molecule has 2 nitrogen and oxygen atoms in total. The van der Waals surface area contributed by atoms with Crippen LogP contribution in [-0.2, 0) is 0 Å². The van der Waals surface area contributed by atoms with E-state index in [0.717, 1.165) is 0 Å². The topological polar surface area (TPSA) is 29.3 Å². The first kappa shape index (κ1) is 11.0. The van der Waals surface area contributed by atoms with E-state index < -0.39 is 0 Å². The molecule has 1 rings (SSSR count). The molecule has 2 N–H and O–H groups in total. The number of nitrogens with zero attached hydrogens (tertiary/aromatic N) is 1. The molecule has 3 atom stereocenters. The second kappa shape index (κ2) is 4.97. The van der Waals surface area contributed by atoms with Gasteiger partial charge in [0.1, 0.15) is 0 Å². The van der Waals surface area contributed by atoms with E-state index in [1.807, 2.05) is 0 Å². The Labute approximate surface area is 82.5 Å². The van der Waals surface area contributed by atoms with Crippen molar-refractivity contribution in [3.8, 4) is 0 Å². The predicted molar refractivity (Wildman–Crippen MR) is 57.7 cm³/mol. The van der Waals surface area contributed by atoms with Crippen LogP contribution in [0.25, 0.3) is 0 Å². The van der Waals surface area contributed by atoms with Crippen LogP contribution in [0.1, 0.15) is 46.5 Å². The first-order chi connectivity index (χ1) is 6.16. The maximum absolute atomic E-state index is 6.01. The van der Waals surface area contributed by atoms with Crippen molar-refractivity contribution < 1.29 is 0 Å². The molecule has 0 radical (unpaired) electrons. The zero-order valence-electron chi connectivity index (χ0n) is 9.29. The first-order valence-corrected chi connectivity index (χ1v) is 5.68. The zero-order valence-corrected chi connectivity index (χ0v) is 9.29. The predicted octanol–water partition coefficient (Wildman–Crippen LogP) is 1.99. The molecule has 1 aliphatic heterocycles. The van der Waals surface area contributed by atoms with E-state index >= 15 is 0 Å². The summed E-state index contributed by atoms with van der Waals surface area (Å²) in [5, 5.41) is 0. The van der Waals surface area contributed by atoms with Crippen LogP contribution in [0.5, 0.6) is 0 Å². The Morgan fingerprint density at radius 3 is 2.62 bits per heavy atom. The lowest BCUT2D eigenvalue weighted by Gasteiger charge is -2.41. The molecule has 2 heteroatoms. The molecule has 0 aromatic rings. The molecule has 0 amide bonds. The summed E-state index contributed by atoms with van der Waals surface area (Å²) in [6, 6.07) is 1.66.